The Labute approximate surface area is 427 Å². The molecule has 73 heavy (non-hydrogen) atoms. The van der Waals surface area contributed by atoms with Crippen LogP contribution in [0.25, 0.3) is 44.7 Å². The molecular weight excluding hydrogens is 949 g/mol. The van der Waals surface area contributed by atoms with Gasteiger partial charge < -0.3 is 49.3 Å². The van der Waals surface area contributed by atoms with E-state index in [2.05, 4.69) is 68.5 Å². The number of imidazole rings is 2. The highest BCUT2D eigenvalue weighted by atomic mass is 32.1. The van der Waals surface area contributed by atoms with Crippen molar-refractivity contribution in [3.05, 3.63) is 82.1 Å². The lowest BCUT2D eigenvalue weighted by atomic mass is 9.85. The minimum Gasteiger partial charge on any atom is -0.464 e. The number of aryl methyl sites for hydroxylation is 1. The largest absolute Gasteiger partial charge is 0.464 e. The molecule has 8 atom stereocenters. The second-order valence-electron chi connectivity index (χ2n) is 20.9. The molecule has 0 spiro atoms. The van der Waals surface area contributed by atoms with Crippen molar-refractivity contribution in [2.75, 3.05) is 27.3 Å². The Morgan fingerprint density at radius 3 is 2.07 bits per heavy atom. The zero-order valence-electron chi connectivity index (χ0n) is 42.4. The van der Waals surface area contributed by atoms with E-state index in [0.717, 1.165) is 104 Å². The highest BCUT2D eigenvalue weighted by molar-refractivity contribution is 7.11. The Morgan fingerprint density at radius 1 is 0.781 bits per heavy atom. The summed E-state index contributed by atoms with van der Waals surface area (Å²) in [7, 11) is 2.61. The Morgan fingerprint density at radius 2 is 1.42 bits per heavy atom. The maximum Gasteiger partial charge on any atom is 0.407 e. The van der Waals surface area contributed by atoms with Gasteiger partial charge in [-0.05, 0) is 120 Å². The third kappa shape index (κ3) is 9.23. The Kier molecular flexibility index (Phi) is 13.0. The number of amides is 4. The van der Waals surface area contributed by atoms with Crippen LogP contribution in [0, 0.1) is 18.8 Å². The molecule has 2 unspecified atom stereocenters. The summed E-state index contributed by atoms with van der Waals surface area (Å²) in [5, 5.41) is 7.79. The van der Waals surface area contributed by atoms with E-state index in [1.807, 2.05) is 56.1 Å². The number of aromatic nitrogens is 6. The number of alkyl carbamates (subject to hydrolysis) is 2. The predicted octanol–water partition coefficient (Wildman–Crippen LogP) is 9.31. The molecule has 6 aromatic rings. The molecule has 19 heteroatoms. The third-order valence-corrected chi connectivity index (χ3v) is 16.6. The standard InChI is InChI=1S/C54H64N10O8S/c1-27(2)45(60-53(67)69-6)50(65)62-16-8-10-39(62)48-56-25-37(59-48)33-18-28(3)44-41-22-34-21-32(14-15-38(34)64(41)52(72-42(44)23-33)43-26-57-49(73-43)31-12-13-31)36-24-55-47(58-36)40-11-9-17-63(40)51(66)46(61-54(68)70-7)35-19-29(4)71-30(5)20-35/h14-15,18,21-27,29-31,35,39-40,45-46,52H,8-13,16-17,19-20H2,1-7H3,(H,55,58)(H,56,59)(H,60,67)(H,61,68)/t29-,30+,35?,39-,40-,45-,46-,52?/m0/s1. The maximum absolute atomic E-state index is 14.5. The summed E-state index contributed by atoms with van der Waals surface area (Å²) in [5.41, 5.74) is 7.58. The molecule has 4 fully saturated rings. The molecule has 4 N–H and O–H groups in total. The molecule has 8 heterocycles. The van der Waals surface area contributed by atoms with Crippen molar-refractivity contribution in [2.24, 2.45) is 11.8 Å². The second kappa shape index (κ2) is 19.6. The molecule has 3 saturated heterocycles. The molecule has 4 amide bonds. The molecule has 0 bridgehead atoms. The van der Waals surface area contributed by atoms with E-state index in [0.29, 0.717) is 43.5 Å². The fourth-order valence-electron chi connectivity index (χ4n) is 11.8. The van der Waals surface area contributed by atoms with E-state index >= 15 is 0 Å². The lowest BCUT2D eigenvalue weighted by Crippen LogP contribution is -2.54. The number of H-pyrrole nitrogens is 2. The highest BCUT2D eigenvalue weighted by Gasteiger charge is 2.43. The first-order valence-corrected chi connectivity index (χ1v) is 26.6. The van der Waals surface area contributed by atoms with Crippen molar-refractivity contribution in [3.8, 4) is 39.5 Å². The average Bonchev–Trinajstić information content (AvgIpc) is 4.10. The maximum atomic E-state index is 14.5. The van der Waals surface area contributed by atoms with E-state index in [9.17, 15) is 19.2 Å². The van der Waals surface area contributed by atoms with Gasteiger partial charge in [0.15, 0.2) is 0 Å². The van der Waals surface area contributed by atoms with Crippen molar-refractivity contribution in [2.45, 2.75) is 135 Å². The summed E-state index contributed by atoms with van der Waals surface area (Å²) in [4.78, 5) is 79.6. The molecule has 11 rings (SSSR count). The summed E-state index contributed by atoms with van der Waals surface area (Å²) in [6, 6.07) is 10.9. The van der Waals surface area contributed by atoms with Crippen molar-refractivity contribution in [3.63, 3.8) is 0 Å². The number of likely N-dealkylation sites (tertiary alicyclic amines) is 2. The lowest BCUT2D eigenvalue weighted by Gasteiger charge is -2.38. The minimum absolute atomic E-state index is 0.0335. The van der Waals surface area contributed by atoms with E-state index in [1.54, 1.807) is 11.3 Å². The minimum atomic E-state index is -0.745. The smallest absolute Gasteiger partial charge is 0.407 e. The normalized spacial score (nSPS) is 23.5. The number of aromatic amines is 2. The van der Waals surface area contributed by atoms with Gasteiger partial charge in [-0.2, -0.15) is 0 Å². The molecule has 0 radical (unpaired) electrons. The predicted molar refractivity (Wildman–Crippen MR) is 274 cm³/mol. The number of nitrogens with zero attached hydrogens (tertiary/aromatic N) is 6. The summed E-state index contributed by atoms with van der Waals surface area (Å²) < 4.78 is 25.2. The fraction of sp³-hybridized carbons (Fsp3) is 0.500. The van der Waals surface area contributed by atoms with Gasteiger partial charge >= 0.3 is 12.2 Å². The van der Waals surface area contributed by atoms with Crippen LogP contribution in [0.1, 0.15) is 130 Å². The molecule has 384 valence electrons. The number of rotatable bonds is 12. The number of carbonyl (C=O) groups is 4. The van der Waals surface area contributed by atoms with Crippen LogP contribution >= 0.6 is 11.3 Å². The fourth-order valence-corrected chi connectivity index (χ4v) is 12.9. The summed E-state index contributed by atoms with van der Waals surface area (Å²) in [5.74, 6) is 2.12. The van der Waals surface area contributed by atoms with Crippen LogP contribution < -0.4 is 15.4 Å². The quantitative estimate of drug-likeness (QED) is 0.0907. The SMILES string of the molecule is COC(=O)N[C@H](C(=O)N1CCC[C@H]1c1ncc(-c2cc(C)c3c(c2)OC(c2cnc(C4CC4)s2)n2c-3cc3cc(-c4cnc([C@@H]5CCCN5C(=O)[C@@H](NC(=O)OC)C5C[C@@H](C)O[C@@H](C)C5)[nH]4)ccc32)[nH]1)C(C)C. The number of fused-ring (bicyclic) bond motifs is 5. The van der Waals surface area contributed by atoms with Crippen molar-refractivity contribution < 1.29 is 38.1 Å². The van der Waals surface area contributed by atoms with Crippen molar-refractivity contribution in [1.82, 2.24) is 49.9 Å². The first-order chi connectivity index (χ1) is 35.3. The highest BCUT2D eigenvalue weighted by Crippen LogP contribution is 2.50. The molecule has 4 aliphatic heterocycles. The van der Waals surface area contributed by atoms with E-state index < -0.39 is 30.5 Å². The number of hydrogen-bond donors (Lipinski definition) is 4. The van der Waals surface area contributed by atoms with Crippen molar-refractivity contribution in [1.29, 1.82) is 0 Å². The van der Waals surface area contributed by atoms with E-state index in [4.69, 9.17) is 33.9 Å². The van der Waals surface area contributed by atoms with Crippen molar-refractivity contribution >= 4 is 46.2 Å². The summed E-state index contributed by atoms with van der Waals surface area (Å²) in [6.07, 6.45) is 10.6. The average molecular weight is 1010 g/mol. The number of methoxy groups -OCH3 is 2. The Bertz CT molecular complexity index is 3070. The first kappa shape index (κ1) is 48.5. The number of thiazole rings is 1. The van der Waals surface area contributed by atoms with Crippen LogP contribution in [0.15, 0.2) is 55.0 Å². The Hall–Kier alpha value is -6.73. The van der Waals surface area contributed by atoms with Gasteiger partial charge in [0.25, 0.3) is 0 Å². The number of hydrogen-bond acceptors (Lipinski definition) is 12. The van der Waals surface area contributed by atoms with Gasteiger partial charge in [-0.25, -0.2) is 24.5 Å². The zero-order valence-corrected chi connectivity index (χ0v) is 43.2. The number of carbonyl (C=O) groups excluding carboxylic acids is 4. The lowest BCUT2D eigenvalue weighted by molar-refractivity contribution is -0.138. The van der Waals surface area contributed by atoms with Crippen LogP contribution in [0.2, 0.25) is 0 Å². The van der Waals surface area contributed by atoms with Crippen LogP contribution in [-0.4, -0.2) is 115 Å². The first-order valence-electron chi connectivity index (χ1n) is 25.7. The molecule has 4 aromatic heterocycles. The van der Waals surface area contributed by atoms with Gasteiger partial charge in [0, 0.05) is 47.3 Å². The molecule has 2 aromatic carbocycles. The van der Waals surface area contributed by atoms with Crippen LogP contribution in [0.5, 0.6) is 5.75 Å². The van der Waals surface area contributed by atoms with E-state index in [1.165, 1.54) is 14.2 Å². The van der Waals surface area contributed by atoms with Gasteiger partial charge in [-0.15, -0.1) is 11.3 Å². The molecule has 1 saturated carbocycles. The number of ether oxygens (including phenoxy) is 4. The summed E-state index contributed by atoms with van der Waals surface area (Å²) in [6.45, 7) is 11.1. The third-order valence-electron chi connectivity index (χ3n) is 15.4. The molecule has 18 nitrogen and oxygen atoms in total. The second-order valence-corrected chi connectivity index (χ2v) is 22.0. The monoisotopic (exact) mass is 1010 g/mol. The van der Waals surface area contributed by atoms with Crippen LogP contribution in [-0.2, 0) is 23.8 Å². The van der Waals surface area contributed by atoms with Gasteiger partial charge in [-0.1, -0.05) is 19.9 Å². The number of benzene rings is 2. The molecule has 1 aliphatic carbocycles. The van der Waals surface area contributed by atoms with Crippen LogP contribution in [0.3, 0.4) is 0 Å². The number of nitrogens with one attached hydrogen (secondary N) is 4. The topological polar surface area (TPSA) is 211 Å². The van der Waals surface area contributed by atoms with Gasteiger partial charge in [0.05, 0.1) is 83.4 Å². The van der Waals surface area contributed by atoms with E-state index in [-0.39, 0.29) is 47.9 Å². The molecule has 5 aliphatic rings. The zero-order chi connectivity index (χ0) is 50.8. The van der Waals surface area contributed by atoms with Gasteiger partial charge in [0.1, 0.15) is 29.5 Å². The summed E-state index contributed by atoms with van der Waals surface area (Å²) >= 11 is 1.71. The molecular formula is C54H64N10O8S. The van der Waals surface area contributed by atoms with Gasteiger partial charge in [0.2, 0.25) is 18.0 Å². The van der Waals surface area contributed by atoms with Gasteiger partial charge in [-0.3, -0.25) is 14.2 Å². The van der Waals surface area contributed by atoms with Crippen LogP contribution in [0.4, 0.5) is 9.59 Å². The Balaban J connectivity index is 0.893.